The first-order chi connectivity index (χ1) is 19.0. The number of hydrogen-bond donors (Lipinski definition) is 2. The fraction of sp³-hybridized carbons (Fsp3) is 0.424. The van der Waals surface area contributed by atoms with E-state index in [4.69, 9.17) is 0 Å². The first kappa shape index (κ1) is 31.7. The minimum absolute atomic E-state index is 0.00182. The Morgan fingerprint density at radius 1 is 1.07 bits per heavy atom. The molecular formula is C33H42FNO4S. The summed E-state index contributed by atoms with van der Waals surface area (Å²) in [4.78, 5) is 15.0. The molecule has 0 saturated carbocycles. The lowest BCUT2D eigenvalue weighted by Gasteiger charge is -2.44. The van der Waals surface area contributed by atoms with E-state index in [-0.39, 0.29) is 36.5 Å². The van der Waals surface area contributed by atoms with Gasteiger partial charge in [-0.1, -0.05) is 82.3 Å². The molecule has 216 valence electrons. The number of thioether (sulfide) groups is 1. The lowest BCUT2D eigenvalue weighted by atomic mass is 9.82. The van der Waals surface area contributed by atoms with Crippen LogP contribution in [-0.2, 0) is 15.3 Å². The molecule has 40 heavy (non-hydrogen) atoms. The second-order valence-electron chi connectivity index (χ2n) is 10.9. The van der Waals surface area contributed by atoms with Crippen LogP contribution in [0.5, 0.6) is 0 Å². The smallest absolute Gasteiger partial charge is 0.308 e. The molecule has 0 bridgehead atoms. The molecule has 0 amide bonds. The Bertz CT molecular complexity index is 1220. The van der Waals surface area contributed by atoms with Crippen molar-refractivity contribution in [2.75, 3.05) is 14.2 Å². The van der Waals surface area contributed by atoms with E-state index in [1.807, 2.05) is 36.4 Å². The summed E-state index contributed by atoms with van der Waals surface area (Å²) in [5.74, 6) is 0.430. The molecule has 2 aromatic carbocycles. The zero-order chi connectivity index (χ0) is 29.4. The molecule has 3 atom stereocenters. The Morgan fingerprint density at radius 3 is 2.30 bits per heavy atom. The molecule has 1 heterocycles. The number of likely N-dealkylation sites (N-methyl/N-ethyl adjacent to an activating group) is 1. The Morgan fingerprint density at radius 2 is 1.73 bits per heavy atom. The fourth-order valence-electron chi connectivity index (χ4n) is 5.30. The number of hydrogen-bond acceptors (Lipinski definition) is 6. The van der Waals surface area contributed by atoms with Crippen molar-refractivity contribution in [3.8, 4) is 0 Å². The molecule has 3 unspecified atom stereocenters. The molecule has 5 nitrogen and oxygen atoms in total. The van der Waals surface area contributed by atoms with Gasteiger partial charge < -0.3 is 19.8 Å². The summed E-state index contributed by atoms with van der Waals surface area (Å²) in [6.07, 6.45) is 1.48. The second kappa shape index (κ2) is 14.7. The Hall–Kier alpha value is -2.87. The normalized spacial score (nSPS) is 17.8. The van der Waals surface area contributed by atoms with E-state index in [0.717, 1.165) is 27.4 Å². The van der Waals surface area contributed by atoms with Crippen LogP contribution < -0.4 is 0 Å². The SMILES string of the molecule is COC(=O)CC(O)CC(O)C=CC1=C(c2ccc(F)cc2)C(SCc2ccccc2)=C(C(C)C)N(C)C1C(C)C. The molecule has 0 aliphatic carbocycles. The van der Waals surface area contributed by atoms with E-state index >= 15 is 0 Å². The lowest BCUT2D eigenvalue weighted by Crippen LogP contribution is -2.41. The fourth-order valence-corrected chi connectivity index (χ4v) is 6.72. The number of aliphatic hydroxyl groups is 2. The van der Waals surface area contributed by atoms with Crippen molar-refractivity contribution in [3.63, 3.8) is 0 Å². The van der Waals surface area contributed by atoms with Gasteiger partial charge in [-0.05, 0) is 40.7 Å². The van der Waals surface area contributed by atoms with Crippen LogP contribution in [0, 0.1) is 17.7 Å². The van der Waals surface area contributed by atoms with Gasteiger partial charge >= 0.3 is 5.97 Å². The maximum atomic E-state index is 14.0. The first-order valence-electron chi connectivity index (χ1n) is 13.8. The molecule has 0 saturated heterocycles. The zero-order valence-corrected chi connectivity index (χ0v) is 25.1. The van der Waals surface area contributed by atoms with Crippen molar-refractivity contribution in [1.29, 1.82) is 0 Å². The zero-order valence-electron chi connectivity index (χ0n) is 24.3. The highest BCUT2D eigenvalue weighted by Gasteiger charge is 2.35. The van der Waals surface area contributed by atoms with Crippen molar-refractivity contribution in [3.05, 3.63) is 99.9 Å². The molecule has 7 heteroatoms. The number of nitrogens with zero attached hydrogens (tertiary/aromatic N) is 1. The Kier molecular flexibility index (Phi) is 11.6. The lowest BCUT2D eigenvalue weighted by molar-refractivity contribution is -0.143. The van der Waals surface area contributed by atoms with Crippen LogP contribution in [-0.4, -0.2) is 53.5 Å². The van der Waals surface area contributed by atoms with Gasteiger partial charge in [0.1, 0.15) is 5.82 Å². The summed E-state index contributed by atoms with van der Waals surface area (Å²) >= 11 is 1.77. The Balaban J connectivity index is 2.15. The number of rotatable bonds is 12. The molecule has 1 aliphatic rings. The maximum Gasteiger partial charge on any atom is 0.308 e. The third kappa shape index (κ3) is 8.09. The molecule has 3 rings (SSSR count). The van der Waals surface area contributed by atoms with Crippen molar-refractivity contribution >= 4 is 23.3 Å². The van der Waals surface area contributed by atoms with Crippen LogP contribution in [0.25, 0.3) is 5.57 Å². The standard InChI is InChI=1S/C33H42FNO4S/c1-21(2)31-28(17-16-26(36)18-27(37)19-29(38)39-6)30(24-12-14-25(34)15-13-24)33(32(22(3)4)35(31)5)40-20-23-10-8-7-9-11-23/h7-17,21-22,26-27,31,36-37H,18-20H2,1-6H3. The van der Waals surface area contributed by atoms with Crippen LogP contribution in [0.4, 0.5) is 4.39 Å². The van der Waals surface area contributed by atoms with Gasteiger partial charge in [-0.15, -0.1) is 11.8 Å². The van der Waals surface area contributed by atoms with Crippen molar-refractivity contribution in [2.24, 2.45) is 11.8 Å². The van der Waals surface area contributed by atoms with Gasteiger partial charge in [0.15, 0.2) is 0 Å². The summed E-state index contributed by atoms with van der Waals surface area (Å²) in [5, 5.41) is 21.0. The van der Waals surface area contributed by atoms with Gasteiger partial charge in [0.05, 0.1) is 31.8 Å². The van der Waals surface area contributed by atoms with Crippen molar-refractivity contribution in [1.82, 2.24) is 4.90 Å². The highest BCUT2D eigenvalue weighted by Crippen LogP contribution is 2.47. The van der Waals surface area contributed by atoms with Crippen LogP contribution in [0.1, 0.15) is 51.7 Å². The minimum atomic E-state index is -1.02. The number of esters is 1. The summed E-state index contributed by atoms with van der Waals surface area (Å²) in [6, 6.07) is 16.9. The average Bonchev–Trinajstić information content (AvgIpc) is 2.91. The predicted molar refractivity (Wildman–Crippen MR) is 162 cm³/mol. The number of methoxy groups -OCH3 is 1. The van der Waals surface area contributed by atoms with Crippen LogP contribution in [0.3, 0.4) is 0 Å². The minimum Gasteiger partial charge on any atom is -0.469 e. The highest BCUT2D eigenvalue weighted by molar-refractivity contribution is 8.02. The molecule has 0 radical (unpaired) electrons. The van der Waals surface area contributed by atoms with Crippen LogP contribution in [0.15, 0.2) is 82.9 Å². The topological polar surface area (TPSA) is 70.0 Å². The largest absolute Gasteiger partial charge is 0.469 e. The van der Waals surface area contributed by atoms with E-state index < -0.39 is 18.2 Å². The van der Waals surface area contributed by atoms with Gasteiger partial charge in [0.25, 0.3) is 0 Å². The summed E-state index contributed by atoms with van der Waals surface area (Å²) in [5.41, 5.74) is 5.40. The molecule has 2 aromatic rings. The average molecular weight is 568 g/mol. The first-order valence-corrected chi connectivity index (χ1v) is 14.8. The summed E-state index contributed by atoms with van der Waals surface area (Å²) in [7, 11) is 3.39. The number of ether oxygens (including phenoxy) is 1. The third-order valence-corrected chi connectivity index (χ3v) is 8.22. The van der Waals surface area contributed by atoms with Crippen LogP contribution in [0.2, 0.25) is 0 Å². The molecule has 0 spiro atoms. The number of aliphatic hydroxyl groups excluding tert-OH is 2. The van der Waals surface area contributed by atoms with Gasteiger partial charge in [0, 0.05) is 35.4 Å². The third-order valence-electron chi connectivity index (χ3n) is 7.04. The molecule has 0 aromatic heterocycles. The summed E-state index contributed by atoms with van der Waals surface area (Å²) < 4.78 is 18.7. The number of allylic oxidation sites excluding steroid dienone is 2. The molecule has 2 N–H and O–H groups in total. The summed E-state index contributed by atoms with van der Waals surface area (Å²) in [6.45, 7) is 8.74. The Labute approximate surface area is 242 Å². The maximum absolute atomic E-state index is 14.0. The van der Waals surface area contributed by atoms with E-state index in [0.29, 0.717) is 0 Å². The molecular weight excluding hydrogens is 525 g/mol. The molecule has 0 fully saturated rings. The van der Waals surface area contributed by atoms with Gasteiger partial charge in [0.2, 0.25) is 0 Å². The number of benzene rings is 2. The van der Waals surface area contributed by atoms with Crippen molar-refractivity contribution < 1.29 is 24.1 Å². The number of halogens is 1. The monoisotopic (exact) mass is 567 g/mol. The van der Waals surface area contributed by atoms with E-state index in [1.54, 1.807) is 17.8 Å². The van der Waals surface area contributed by atoms with E-state index in [1.165, 1.54) is 30.5 Å². The van der Waals surface area contributed by atoms with Crippen LogP contribution >= 0.6 is 11.8 Å². The predicted octanol–water partition coefficient (Wildman–Crippen LogP) is 6.58. The molecule has 1 aliphatic heterocycles. The van der Waals surface area contributed by atoms with Gasteiger partial charge in [-0.3, -0.25) is 4.79 Å². The van der Waals surface area contributed by atoms with Gasteiger partial charge in [-0.25, -0.2) is 4.39 Å². The van der Waals surface area contributed by atoms with Crippen molar-refractivity contribution in [2.45, 2.75) is 64.5 Å². The number of carbonyl (C=O) groups is 1. The van der Waals surface area contributed by atoms with E-state index in [9.17, 15) is 19.4 Å². The quantitative estimate of drug-likeness (QED) is 0.282. The number of carbonyl (C=O) groups excluding carboxylic acids is 1. The second-order valence-corrected chi connectivity index (χ2v) is 11.9. The highest BCUT2D eigenvalue weighted by atomic mass is 32.2. The van der Waals surface area contributed by atoms with Gasteiger partial charge in [-0.2, -0.15) is 0 Å². The van der Waals surface area contributed by atoms with E-state index in [2.05, 4.69) is 56.5 Å².